The first-order chi connectivity index (χ1) is 49.1. The summed E-state index contributed by atoms with van der Waals surface area (Å²) < 4.78 is 94.7. The molecule has 8 heterocycles. The maximum Gasteiger partial charge on any atom is 0.217 e. The molecule has 0 aromatic heterocycles. The lowest BCUT2D eigenvalue weighted by atomic mass is 9.93. The number of amides is 2. The fraction of sp³-hybridized carbons (Fsp3) is 0.966. The molecule has 0 aromatic carbocycles. The molecule has 0 aromatic rings. The standard InChI is InChI=1S/C58H100N2O44/c1-13-27(72)35(80)39(84)53(90-13)101-47-26(60-16(4)69)51(89-12-24-34(79)49(103-55-41(86)37(82)30(75)19(7-63)93-55)43(88)57(97-24)98-44(18(71)6-62)29(74)17(70)5-61)96-23(11-67)45(47)99-56-42(87)48(33(78)22(10-66)94-56)102-52-25(59-15(3)68)46(32(77)21(9-65)92-52)100-58-50(38(83)31(76)20(8-64)95-58)104-54-40(85)36(81)28(73)14(2)91-54/h13-14,17-58,61-67,70-88H,5-12H2,1-4H3,(H,59,68)(H,60,69)/t13-,14-,17-,18+,19+,20+,21+,22+,23+,24+,25+,26+,27+,28+,29+,30-,31-,32+,33-,34-,35+,36+,37-,38-,39-,40-,41+,42+,43+,44+,45+,46+,47+,48-,49-,50+,51+,52-,53-,54-,55-,56-,57-,58-/m0/s1. The predicted octanol–water partition coefficient (Wildman–Crippen LogP) is -18.6. The second-order valence-corrected chi connectivity index (χ2v) is 26.4. The average molecular weight is 1530 g/mol. The van der Waals surface area contributed by atoms with Gasteiger partial charge in [0.2, 0.25) is 11.8 Å². The number of hydrogen-bond acceptors (Lipinski definition) is 44. The Balaban J connectivity index is 1.12. The summed E-state index contributed by atoms with van der Waals surface area (Å²) >= 11 is 0. The number of ether oxygens (including phenoxy) is 16. The summed E-state index contributed by atoms with van der Waals surface area (Å²) in [6.45, 7) is -4.70. The molecule has 0 bridgehead atoms. The van der Waals surface area contributed by atoms with Crippen molar-refractivity contribution in [3.05, 3.63) is 0 Å². The number of carbonyl (C=O) groups is 2. The smallest absolute Gasteiger partial charge is 0.217 e. The van der Waals surface area contributed by atoms with Gasteiger partial charge in [0, 0.05) is 13.8 Å². The third kappa shape index (κ3) is 19.1. The predicted molar refractivity (Wildman–Crippen MR) is 320 cm³/mol. The first-order valence-corrected chi connectivity index (χ1v) is 33.3. The van der Waals surface area contributed by atoms with Crippen molar-refractivity contribution in [2.45, 2.75) is 298 Å². The highest BCUT2D eigenvalue weighted by Gasteiger charge is 2.60. The molecule has 0 radical (unpaired) electrons. The highest BCUT2D eigenvalue weighted by Crippen LogP contribution is 2.40. The van der Waals surface area contributed by atoms with Crippen molar-refractivity contribution in [1.29, 1.82) is 0 Å². The van der Waals surface area contributed by atoms with Gasteiger partial charge >= 0.3 is 0 Å². The topological polar surface area (TPSA) is 732 Å². The third-order valence-corrected chi connectivity index (χ3v) is 19.1. The highest BCUT2D eigenvalue weighted by molar-refractivity contribution is 5.73. The Morgan fingerprint density at radius 2 is 0.673 bits per heavy atom. The lowest BCUT2D eigenvalue weighted by molar-refractivity contribution is -0.394. The Bertz CT molecular complexity index is 2620. The highest BCUT2D eigenvalue weighted by atomic mass is 16.8. The molecule has 8 aliphatic heterocycles. The molecule has 0 saturated carbocycles. The zero-order chi connectivity index (χ0) is 76.9. The van der Waals surface area contributed by atoms with E-state index in [1.807, 2.05) is 0 Å². The summed E-state index contributed by atoms with van der Waals surface area (Å²) in [6.07, 6.45) is -86.1. The number of aliphatic hydroxyl groups excluding tert-OH is 26. The van der Waals surface area contributed by atoms with Crippen molar-refractivity contribution < 1.29 is 218 Å². The van der Waals surface area contributed by atoms with E-state index < -0.39 is 335 Å². The van der Waals surface area contributed by atoms with Crippen LogP contribution in [0.5, 0.6) is 0 Å². The van der Waals surface area contributed by atoms with E-state index >= 15 is 0 Å². The van der Waals surface area contributed by atoms with Gasteiger partial charge in [0.1, 0.15) is 207 Å². The van der Waals surface area contributed by atoms with Crippen molar-refractivity contribution >= 4 is 11.8 Å². The van der Waals surface area contributed by atoms with Crippen LogP contribution in [0.3, 0.4) is 0 Å². The minimum atomic E-state index is -2.45. The molecule has 8 saturated heterocycles. The maximum atomic E-state index is 13.4. The van der Waals surface area contributed by atoms with Crippen LogP contribution < -0.4 is 10.6 Å². The average Bonchev–Trinajstić information content (AvgIpc) is 0.772. The van der Waals surface area contributed by atoms with Gasteiger partial charge in [0.05, 0.1) is 65.1 Å². The molecule has 8 rings (SSSR count). The van der Waals surface area contributed by atoms with Crippen LogP contribution in [0, 0.1) is 0 Å². The number of nitrogens with one attached hydrogen (secondary N) is 2. The summed E-state index contributed by atoms with van der Waals surface area (Å²) in [5.74, 6) is -1.94. The number of aliphatic hydroxyl groups is 26. The van der Waals surface area contributed by atoms with Gasteiger partial charge in [-0.3, -0.25) is 9.59 Å². The summed E-state index contributed by atoms with van der Waals surface area (Å²) in [6, 6.07) is -3.91. The van der Waals surface area contributed by atoms with Crippen molar-refractivity contribution in [2.24, 2.45) is 0 Å². The first-order valence-electron chi connectivity index (χ1n) is 33.3. The van der Waals surface area contributed by atoms with Crippen LogP contribution in [0.1, 0.15) is 27.7 Å². The summed E-state index contributed by atoms with van der Waals surface area (Å²) in [5.41, 5.74) is 0. The monoisotopic (exact) mass is 1530 g/mol. The number of hydrogen-bond donors (Lipinski definition) is 28. The molecular formula is C58H100N2O44. The van der Waals surface area contributed by atoms with Crippen molar-refractivity contribution in [2.75, 3.05) is 52.9 Å². The fourth-order valence-corrected chi connectivity index (χ4v) is 13.1. The summed E-state index contributed by atoms with van der Waals surface area (Å²) in [7, 11) is 0. The molecule has 0 aliphatic carbocycles. The summed E-state index contributed by atoms with van der Waals surface area (Å²) in [5, 5.41) is 288. The van der Waals surface area contributed by atoms with E-state index in [0.717, 1.165) is 13.8 Å². The minimum absolute atomic E-state index is 0.930. The molecule has 606 valence electrons. The van der Waals surface area contributed by atoms with Crippen LogP contribution in [0.25, 0.3) is 0 Å². The van der Waals surface area contributed by atoms with Crippen molar-refractivity contribution in [3.8, 4) is 0 Å². The van der Waals surface area contributed by atoms with E-state index in [1.54, 1.807) is 0 Å². The van der Waals surface area contributed by atoms with Crippen LogP contribution >= 0.6 is 0 Å². The number of carbonyl (C=O) groups excluding carboxylic acids is 2. The molecular weight excluding hydrogens is 1430 g/mol. The van der Waals surface area contributed by atoms with Crippen molar-refractivity contribution in [1.82, 2.24) is 10.6 Å². The molecule has 8 fully saturated rings. The van der Waals surface area contributed by atoms with Crippen LogP contribution in [0.15, 0.2) is 0 Å². The zero-order valence-corrected chi connectivity index (χ0v) is 56.0. The Morgan fingerprint density at radius 1 is 0.327 bits per heavy atom. The molecule has 2 amide bonds. The van der Waals surface area contributed by atoms with E-state index in [2.05, 4.69) is 10.6 Å². The molecule has 28 N–H and O–H groups in total. The molecule has 44 atom stereocenters. The lowest BCUT2D eigenvalue weighted by Gasteiger charge is -2.51. The third-order valence-electron chi connectivity index (χ3n) is 19.1. The van der Waals surface area contributed by atoms with Crippen LogP contribution in [0.2, 0.25) is 0 Å². The molecule has 0 spiro atoms. The normalized spacial score (nSPS) is 48.7. The van der Waals surface area contributed by atoms with Gasteiger partial charge in [-0.1, -0.05) is 0 Å². The van der Waals surface area contributed by atoms with E-state index in [-0.39, 0.29) is 0 Å². The lowest BCUT2D eigenvalue weighted by Crippen LogP contribution is -2.71. The summed E-state index contributed by atoms with van der Waals surface area (Å²) in [4.78, 5) is 26.6. The quantitative estimate of drug-likeness (QED) is 0.0331. The minimum Gasteiger partial charge on any atom is -0.394 e. The van der Waals surface area contributed by atoms with E-state index in [1.165, 1.54) is 13.8 Å². The van der Waals surface area contributed by atoms with Crippen LogP contribution in [-0.2, 0) is 85.4 Å². The van der Waals surface area contributed by atoms with Gasteiger partial charge in [-0.05, 0) is 13.8 Å². The maximum absolute atomic E-state index is 13.4. The molecule has 104 heavy (non-hydrogen) atoms. The zero-order valence-electron chi connectivity index (χ0n) is 56.0. The van der Waals surface area contributed by atoms with Gasteiger partial charge in [0.25, 0.3) is 0 Å². The van der Waals surface area contributed by atoms with E-state index in [9.17, 15) is 142 Å². The van der Waals surface area contributed by atoms with Gasteiger partial charge < -0.3 is 219 Å². The Morgan fingerprint density at radius 3 is 1.16 bits per heavy atom. The van der Waals surface area contributed by atoms with Gasteiger partial charge in [0.15, 0.2) is 50.3 Å². The van der Waals surface area contributed by atoms with E-state index in [0.29, 0.717) is 0 Å². The Kier molecular flexibility index (Phi) is 31.7. The Labute approximate surface area is 589 Å². The SMILES string of the molecule is CC(=O)N[C@H]1[C@H](OC[C@H]2O[C@@H](O[C@@H]([C@H](O)[C@@H](O)CO)[C@H](O)CO)[C@H](O)[C@@H](O[C@@H]3O[C@H](CO)[C@H](O)[C@H](O)[C@H]3O)[C@H]2O)O[C@H](CO)[C@@H](O[C@@H]2O[C@H](CO)[C@H](O)[C@H](O[C@@H]3O[C@H](CO)[C@@H](O)[C@H](O[C@@H]4O[C@H](CO)[C@H](O)[C@H](O)[C@H]4O[C@@H]4O[C@@H](C)[C@@H](O)[C@@H](O)[C@@H]4O)[C@H]3NC(C)=O)[C@H]2O)[C@@H]1O[C@@H]1O[C@@H](C)[C@@H](O)[C@@H](O)[C@@H]1O. The molecule has 0 unspecified atom stereocenters. The van der Waals surface area contributed by atoms with Crippen molar-refractivity contribution in [3.63, 3.8) is 0 Å². The molecule has 46 heteroatoms. The fourth-order valence-electron chi connectivity index (χ4n) is 13.1. The first kappa shape index (κ1) is 86.8. The van der Waals surface area contributed by atoms with Crippen LogP contribution in [0.4, 0.5) is 0 Å². The number of rotatable bonds is 29. The van der Waals surface area contributed by atoms with Crippen LogP contribution in [-0.4, -0.2) is 467 Å². The largest absolute Gasteiger partial charge is 0.394 e. The van der Waals surface area contributed by atoms with E-state index in [4.69, 9.17) is 75.8 Å². The molecule has 46 nitrogen and oxygen atoms in total. The Hall–Kier alpha value is -2.74. The molecule has 8 aliphatic rings. The van der Waals surface area contributed by atoms with Gasteiger partial charge in [-0.25, -0.2) is 0 Å². The van der Waals surface area contributed by atoms with Gasteiger partial charge in [-0.2, -0.15) is 0 Å². The second kappa shape index (κ2) is 38.0. The van der Waals surface area contributed by atoms with Gasteiger partial charge in [-0.15, -0.1) is 0 Å². The second-order valence-electron chi connectivity index (χ2n) is 26.4.